The van der Waals surface area contributed by atoms with Crippen molar-refractivity contribution in [2.24, 2.45) is 5.92 Å². The van der Waals surface area contributed by atoms with Gasteiger partial charge in [0.25, 0.3) is 0 Å². The Bertz CT molecular complexity index is 293. The molecule has 0 bridgehead atoms. The van der Waals surface area contributed by atoms with Gasteiger partial charge in [-0.2, -0.15) is 0 Å². The van der Waals surface area contributed by atoms with E-state index >= 15 is 0 Å². The second-order valence-corrected chi connectivity index (χ2v) is 5.00. The van der Waals surface area contributed by atoms with Gasteiger partial charge in [-0.15, -0.1) is 10.2 Å². The maximum absolute atomic E-state index is 5.72. The van der Waals surface area contributed by atoms with Crippen molar-refractivity contribution in [2.75, 3.05) is 11.5 Å². The first kappa shape index (κ1) is 11.4. The molecule has 0 fully saturated rings. The zero-order chi connectivity index (χ0) is 10.7. The van der Waals surface area contributed by atoms with E-state index in [0.29, 0.717) is 17.9 Å². The van der Waals surface area contributed by atoms with E-state index in [0.717, 1.165) is 10.9 Å². The van der Waals surface area contributed by atoms with Gasteiger partial charge in [-0.25, -0.2) is 0 Å². The van der Waals surface area contributed by atoms with E-state index in [9.17, 15) is 0 Å². The van der Waals surface area contributed by atoms with Gasteiger partial charge in [-0.1, -0.05) is 25.6 Å². The van der Waals surface area contributed by atoms with E-state index in [4.69, 9.17) is 5.73 Å². The predicted octanol–water partition coefficient (Wildman–Crippen LogP) is 2.19. The van der Waals surface area contributed by atoms with Crippen LogP contribution in [0.2, 0.25) is 0 Å². The molecule has 0 spiro atoms. The zero-order valence-electron chi connectivity index (χ0n) is 9.19. The van der Waals surface area contributed by atoms with Crippen LogP contribution in [-0.2, 0) is 0 Å². The third kappa shape index (κ3) is 2.64. The summed E-state index contributed by atoms with van der Waals surface area (Å²) in [5, 5.41) is 8.87. The Morgan fingerprint density at radius 2 is 1.93 bits per heavy atom. The molecule has 0 atom stereocenters. The lowest BCUT2D eigenvalue weighted by Crippen LogP contribution is -2.07. The molecule has 80 valence electrons. The van der Waals surface area contributed by atoms with Crippen molar-refractivity contribution in [2.45, 2.75) is 38.9 Å². The van der Waals surface area contributed by atoms with Gasteiger partial charge >= 0.3 is 0 Å². The van der Waals surface area contributed by atoms with Crippen LogP contribution in [0.15, 0.2) is 5.16 Å². The fourth-order valence-electron chi connectivity index (χ4n) is 1.11. The Balaban J connectivity index is 2.76. The highest BCUT2D eigenvalue weighted by Gasteiger charge is 2.12. The highest BCUT2D eigenvalue weighted by atomic mass is 32.2. The van der Waals surface area contributed by atoms with Gasteiger partial charge in [-0.05, 0) is 19.8 Å². The third-order valence-corrected chi connectivity index (χ3v) is 3.12. The number of nitrogens with two attached hydrogens (primary N) is 1. The molecule has 0 aliphatic heterocycles. The van der Waals surface area contributed by atoms with E-state index in [-0.39, 0.29) is 0 Å². The molecular formula is C9H18N4S. The number of nitrogens with zero attached hydrogens (tertiary/aromatic N) is 3. The number of nitrogen functional groups attached to an aromatic ring is 1. The Labute approximate surface area is 89.3 Å². The highest BCUT2D eigenvalue weighted by molar-refractivity contribution is 7.99. The number of anilines is 1. The number of thioether (sulfide) groups is 1. The summed E-state index contributed by atoms with van der Waals surface area (Å²) in [7, 11) is 0. The molecule has 1 aromatic rings. The molecule has 0 saturated carbocycles. The van der Waals surface area contributed by atoms with E-state index in [2.05, 4.69) is 37.9 Å². The summed E-state index contributed by atoms with van der Waals surface area (Å²) in [6.45, 7) is 8.54. The summed E-state index contributed by atoms with van der Waals surface area (Å²) in [6, 6.07) is 0.319. The van der Waals surface area contributed by atoms with Crippen molar-refractivity contribution in [3.05, 3.63) is 0 Å². The number of hydrogen-bond donors (Lipinski definition) is 1. The van der Waals surface area contributed by atoms with Gasteiger partial charge in [0.2, 0.25) is 5.95 Å². The standard InChI is InChI=1S/C9H18N4S/c1-6(2)5-14-9-12-11-8(10)13(9)7(3)4/h6-7H,5H2,1-4H3,(H2,10,11). The van der Waals surface area contributed by atoms with Crippen molar-refractivity contribution in [3.8, 4) is 0 Å². The summed E-state index contributed by atoms with van der Waals surface area (Å²) in [5.41, 5.74) is 5.72. The summed E-state index contributed by atoms with van der Waals surface area (Å²) >= 11 is 1.71. The lowest BCUT2D eigenvalue weighted by atomic mass is 10.3. The third-order valence-electron chi connectivity index (χ3n) is 1.75. The van der Waals surface area contributed by atoms with Gasteiger partial charge in [0.05, 0.1) is 0 Å². The Kier molecular flexibility index (Phi) is 3.80. The average Bonchev–Trinajstić information content (AvgIpc) is 2.43. The van der Waals surface area contributed by atoms with Crippen LogP contribution in [0.5, 0.6) is 0 Å². The lowest BCUT2D eigenvalue weighted by molar-refractivity contribution is 0.556. The van der Waals surface area contributed by atoms with Crippen molar-refractivity contribution < 1.29 is 0 Å². The van der Waals surface area contributed by atoms with Crippen LogP contribution in [0.1, 0.15) is 33.7 Å². The molecule has 5 heteroatoms. The molecule has 1 heterocycles. The SMILES string of the molecule is CC(C)CSc1nnc(N)n1C(C)C. The second kappa shape index (κ2) is 4.68. The molecule has 0 radical (unpaired) electrons. The van der Waals surface area contributed by atoms with Crippen LogP contribution in [0.4, 0.5) is 5.95 Å². The van der Waals surface area contributed by atoms with Crippen LogP contribution in [-0.4, -0.2) is 20.5 Å². The van der Waals surface area contributed by atoms with Gasteiger partial charge in [0.1, 0.15) is 0 Å². The first-order chi connectivity index (χ1) is 6.52. The van der Waals surface area contributed by atoms with Crippen LogP contribution in [0.25, 0.3) is 0 Å². The van der Waals surface area contributed by atoms with Crippen molar-refractivity contribution >= 4 is 17.7 Å². The number of hydrogen-bond acceptors (Lipinski definition) is 4. The van der Waals surface area contributed by atoms with E-state index < -0.39 is 0 Å². The van der Waals surface area contributed by atoms with Gasteiger partial charge < -0.3 is 5.73 Å². The molecule has 0 saturated heterocycles. The average molecular weight is 214 g/mol. The second-order valence-electron chi connectivity index (χ2n) is 4.01. The Hall–Kier alpha value is -0.710. The highest BCUT2D eigenvalue weighted by Crippen LogP contribution is 2.23. The molecule has 4 nitrogen and oxygen atoms in total. The lowest BCUT2D eigenvalue weighted by Gasteiger charge is -2.11. The smallest absolute Gasteiger partial charge is 0.222 e. The van der Waals surface area contributed by atoms with Crippen LogP contribution < -0.4 is 5.73 Å². The molecule has 0 aromatic carbocycles. The molecule has 0 unspecified atom stereocenters. The minimum atomic E-state index is 0.319. The fourth-order valence-corrected chi connectivity index (χ4v) is 2.14. The summed E-state index contributed by atoms with van der Waals surface area (Å²) < 4.78 is 1.97. The van der Waals surface area contributed by atoms with Gasteiger partial charge in [0.15, 0.2) is 5.16 Å². The van der Waals surface area contributed by atoms with Crippen LogP contribution in [0, 0.1) is 5.92 Å². The molecule has 1 rings (SSSR count). The zero-order valence-corrected chi connectivity index (χ0v) is 10.0. The fraction of sp³-hybridized carbons (Fsp3) is 0.778. The monoisotopic (exact) mass is 214 g/mol. The maximum Gasteiger partial charge on any atom is 0.222 e. The number of rotatable bonds is 4. The first-order valence-electron chi connectivity index (χ1n) is 4.85. The van der Waals surface area contributed by atoms with Crippen molar-refractivity contribution in [1.82, 2.24) is 14.8 Å². The van der Waals surface area contributed by atoms with E-state index in [1.807, 2.05) is 4.57 Å². The van der Waals surface area contributed by atoms with Crippen LogP contribution >= 0.6 is 11.8 Å². The molecular weight excluding hydrogens is 196 g/mol. The van der Waals surface area contributed by atoms with Gasteiger partial charge in [-0.3, -0.25) is 4.57 Å². The molecule has 0 aliphatic rings. The van der Waals surface area contributed by atoms with Crippen molar-refractivity contribution in [3.63, 3.8) is 0 Å². The van der Waals surface area contributed by atoms with E-state index in [1.165, 1.54) is 0 Å². The van der Waals surface area contributed by atoms with Gasteiger partial charge in [0, 0.05) is 11.8 Å². The predicted molar refractivity (Wildman–Crippen MR) is 60.4 cm³/mol. The molecule has 14 heavy (non-hydrogen) atoms. The minimum Gasteiger partial charge on any atom is -0.368 e. The van der Waals surface area contributed by atoms with Crippen molar-refractivity contribution in [1.29, 1.82) is 0 Å². The summed E-state index contributed by atoms with van der Waals surface area (Å²) in [4.78, 5) is 0. The molecule has 1 aromatic heterocycles. The molecule has 0 aliphatic carbocycles. The Morgan fingerprint density at radius 3 is 2.43 bits per heavy atom. The van der Waals surface area contributed by atoms with E-state index in [1.54, 1.807) is 11.8 Å². The normalized spacial score (nSPS) is 11.6. The van der Waals surface area contributed by atoms with Crippen LogP contribution in [0.3, 0.4) is 0 Å². The largest absolute Gasteiger partial charge is 0.368 e. The number of aromatic nitrogens is 3. The minimum absolute atomic E-state index is 0.319. The first-order valence-corrected chi connectivity index (χ1v) is 5.84. The topological polar surface area (TPSA) is 56.7 Å². The Morgan fingerprint density at radius 1 is 1.29 bits per heavy atom. The molecule has 2 N–H and O–H groups in total. The summed E-state index contributed by atoms with van der Waals surface area (Å²) in [5.74, 6) is 2.20. The quantitative estimate of drug-likeness (QED) is 0.781. The molecule has 0 amide bonds. The summed E-state index contributed by atoms with van der Waals surface area (Å²) in [6.07, 6.45) is 0. The maximum atomic E-state index is 5.72.